The van der Waals surface area contributed by atoms with Crippen molar-refractivity contribution in [2.45, 2.75) is 20.4 Å². The molecule has 13 nitrogen and oxygen atoms in total. The lowest BCUT2D eigenvalue weighted by molar-refractivity contribution is -0.389. The Morgan fingerprint density at radius 1 is 1.24 bits per heavy atom. The van der Waals surface area contributed by atoms with Crippen LogP contribution in [0.2, 0.25) is 5.02 Å². The molecule has 0 atom stereocenters. The van der Waals surface area contributed by atoms with Gasteiger partial charge in [-0.05, 0) is 42.5 Å². The SMILES string of the molecule is Cc1cc(Cl)ccc1OCC(=O)NCCNC(=O)c1nc(Cn2nc([N+](=O)[O-])cc2C)no1. The molecule has 0 aliphatic carbocycles. The molecule has 14 heteroatoms. The van der Waals surface area contributed by atoms with Crippen LogP contribution in [0.4, 0.5) is 5.82 Å². The van der Waals surface area contributed by atoms with E-state index in [9.17, 15) is 19.7 Å². The average molecular weight is 478 g/mol. The van der Waals surface area contributed by atoms with Gasteiger partial charge in [-0.3, -0.25) is 9.59 Å². The molecular formula is C19H20ClN7O6. The molecule has 0 saturated carbocycles. The highest BCUT2D eigenvalue weighted by Gasteiger charge is 2.19. The van der Waals surface area contributed by atoms with Crippen LogP contribution >= 0.6 is 11.6 Å². The summed E-state index contributed by atoms with van der Waals surface area (Å²) in [7, 11) is 0. The Kier molecular flexibility index (Phi) is 7.56. The number of hydrogen-bond acceptors (Lipinski definition) is 9. The number of nitrogens with one attached hydrogen (secondary N) is 2. The summed E-state index contributed by atoms with van der Waals surface area (Å²) in [5, 5.41) is 24.0. The van der Waals surface area contributed by atoms with Crippen LogP contribution in [-0.2, 0) is 11.3 Å². The summed E-state index contributed by atoms with van der Waals surface area (Å²) < 4.78 is 11.7. The fraction of sp³-hybridized carbons (Fsp3) is 0.316. The Morgan fingerprint density at radius 2 is 2.00 bits per heavy atom. The molecule has 0 saturated heterocycles. The number of nitrogens with zero attached hydrogens (tertiary/aromatic N) is 5. The molecule has 33 heavy (non-hydrogen) atoms. The van der Waals surface area contributed by atoms with Crippen molar-refractivity contribution in [3.63, 3.8) is 0 Å². The van der Waals surface area contributed by atoms with Crippen molar-refractivity contribution in [1.29, 1.82) is 0 Å². The number of nitro groups is 1. The molecule has 0 bridgehead atoms. The molecule has 3 rings (SSSR count). The Bertz CT molecular complexity index is 1180. The van der Waals surface area contributed by atoms with E-state index in [1.54, 1.807) is 25.1 Å². The number of amides is 2. The molecule has 2 N–H and O–H groups in total. The molecule has 2 heterocycles. The molecule has 0 aliphatic rings. The van der Waals surface area contributed by atoms with Gasteiger partial charge in [-0.2, -0.15) is 9.67 Å². The smallest absolute Gasteiger partial charge is 0.390 e. The molecule has 0 fully saturated rings. The maximum atomic E-state index is 12.1. The first-order valence-corrected chi connectivity index (χ1v) is 10.1. The van der Waals surface area contributed by atoms with Gasteiger partial charge in [0.05, 0.1) is 16.9 Å². The number of carbonyl (C=O) groups is 2. The van der Waals surface area contributed by atoms with Gasteiger partial charge in [0.2, 0.25) is 0 Å². The van der Waals surface area contributed by atoms with Crippen molar-refractivity contribution in [3.8, 4) is 5.75 Å². The van der Waals surface area contributed by atoms with E-state index >= 15 is 0 Å². The fourth-order valence-corrected chi connectivity index (χ4v) is 2.94. The van der Waals surface area contributed by atoms with Gasteiger partial charge in [-0.25, -0.2) is 0 Å². The van der Waals surface area contributed by atoms with Gasteiger partial charge in [0.15, 0.2) is 12.4 Å². The first kappa shape index (κ1) is 23.7. The lowest BCUT2D eigenvalue weighted by Crippen LogP contribution is -2.36. The number of benzene rings is 1. The molecule has 0 radical (unpaired) electrons. The highest BCUT2D eigenvalue weighted by molar-refractivity contribution is 6.30. The molecule has 0 spiro atoms. The molecular weight excluding hydrogens is 458 g/mol. The normalized spacial score (nSPS) is 10.6. The molecule has 2 aromatic heterocycles. The summed E-state index contributed by atoms with van der Waals surface area (Å²) in [6.07, 6.45) is 0. The number of carbonyl (C=O) groups excluding carboxylic acids is 2. The highest BCUT2D eigenvalue weighted by atomic mass is 35.5. The second-order valence-electron chi connectivity index (χ2n) is 6.88. The van der Waals surface area contributed by atoms with Crippen molar-refractivity contribution in [1.82, 2.24) is 30.6 Å². The first-order chi connectivity index (χ1) is 15.7. The van der Waals surface area contributed by atoms with E-state index < -0.39 is 10.8 Å². The molecule has 1 aromatic carbocycles. The predicted molar refractivity (Wildman–Crippen MR) is 114 cm³/mol. The Balaban J connectivity index is 1.40. The number of hydrogen-bond donors (Lipinski definition) is 2. The molecule has 2 amide bonds. The fourth-order valence-electron chi connectivity index (χ4n) is 2.71. The largest absolute Gasteiger partial charge is 0.484 e. The van der Waals surface area contributed by atoms with Crippen molar-refractivity contribution in [3.05, 3.63) is 62.4 Å². The summed E-state index contributed by atoms with van der Waals surface area (Å²) in [5.41, 5.74) is 1.34. The lowest BCUT2D eigenvalue weighted by atomic mass is 10.2. The summed E-state index contributed by atoms with van der Waals surface area (Å²) in [6.45, 7) is 3.55. The van der Waals surface area contributed by atoms with Crippen molar-refractivity contribution in [2.75, 3.05) is 19.7 Å². The van der Waals surface area contributed by atoms with E-state index in [1.165, 1.54) is 10.7 Å². The van der Waals surface area contributed by atoms with Crippen LogP contribution in [0.25, 0.3) is 0 Å². The zero-order valence-corrected chi connectivity index (χ0v) is 18.5. The van der Waals surface area contributed by atoms with E-state index in [1.807, 2.05) is 6.92 Å². The van der Waals surface area contributed by atoms with Gasteiger partial charge >= 0.3 is 17.6 Å². The number of halogens is 1. The van der Waals surface area contributed by atoms with E-state index in [4.69, 9.17) is 20.9 Å². The quantitative estimate of drug-likeness (QED) is 0.249. The highest BCUT2D eigenvalue weighted by Crippen LogP contribution is 2.21. The predicted octanol–water partition coefficient (Wildman–Crippen LogP) is 1.42. The van der Waals surface area contributed by atoms with Gasteiger partial charge in [0.25, 0.3) is 5.91 Å². The summed E-state index contributed by atoms with van der Waals surface area (Å²) >= 11 is 5.88. The Morgan fingerprint density at radius 3 is 2.70 bits per heavy atom. The second kappa shape index (κ2) is 10.5. The lowest BCUT2D eigenvalue weighted by Gasteiger charge is -2.10. The maximum Gasteiger partial charge on any atom is 0.390 e. The van der Waals surface area contributed by atoms with E-state index in [2.05, 4.69) is 25.9 Å². The minimum absolute atomic E-state index is 0.000392. The molecule has 0 unspecified atom stereocenters. The van der Waals surface area contributed by atoms with Crippen molar-refractivity contribution < 1.29 is 23.8 Å². The van der Waals surface area contributed by atoms with Crippen LogP contribution < -0.4 is 15.4 Å². The number of aryl methyl sites for hydroxylation is 2. The van der Waals surface area contributed by atoms with Crippen molar-refractivity contribution >= 4 is 29.2 Å². The monoisotopic (exact) mass is 477 g/mol. The van der Waals surface area contributed by atoms with Gasteiger partial charge in [-0.15, -0.1) is 0 Å². The van der Waals surface area contributed by atoms with Gasteiger partial charge in [0.1, 0.15) is 12.3 Å². The zero-order chi connectivity index (χ0) is 24.0. The minimum Gasteiger partial charge on any atom is -0.484 e. The average Bonchev–Trinajstić information content (AvgIpc) is 3.38. The minimum atomic E-state index is -0.626. The second-order valence-corrected chi connectivity index (χ2v) is 7.32. The van der Waals surface area contributed by atoms with Gasteiger partial charge in [-0.1, -0.05) is 16.8 Å². The number of ether oxygens (including phenoxy) is 1. The first-order valence-electron chi connectivity index (χ1n) is 9.68. The van der Waals surface area contributed by atoms with Crippen LogP contribution in [0.1, 0.15) is 27.8 Å². The van der Waals surface area contributed by atoms with Crippen LogP contribution in [0.5, 0.6) is 5.75 Å². The summed E-state index contributed by atoms with van der Waals surface area (Å²) in [6, 6.07) is 6.38. The third-order valence-corrected chi connectivity index (χ3v) is 4.57. The van der Waals surface area contributed by atoms with Crippen LogP contribution in [0.15, 0.2) is 28.8 Å². The summed E-state index contributed by atoms with van der Waals surface area (Å²) in [4.78, 5) is 38.2. The number of rotatable bonds is 10. The number of aromatic nitrogens is 4. The van der Waals surface area contributed by atoms with Crippen LogP contribution in [0, 0.1) is 24.0 Å². The zero-order valence-electron chi connectivity index (χ0n) is 17.7. The molecule has 3 aromatic rings. The standard InChI is InChI=1S/C19H20ClN7O6/c1-11-7-13(20)3-4-14(11)32-10-17(28)21-5-6-22-18(29)19-23-15(25-33-19)9-26-12(2)8-16(24-26)27(30)31/h3-4,7-8H,5-6,9-10H2,1-2H3,(H,21,28)(H,22,29). The van der Waals surface area contributed by atoms with E-state index in [-0.39, 0.29) is 49.7 Å². The van der Waals surface area contributed by atoms with Crippen LogP contribution in [0.3, 0.4) is 0 Å². The molecule has 174 valence electrons. The van der Waals surface area contributed by atoms with Crippen LogP contribution in [-0.4, -0.2) is 56.4 Å². The van der Waals surface area contributed by atoms with Crippen molar-refractivity contribution in [2.24, 2.45) is 0 Å². The van der Waals surface area contributed by atoms with E-state index in [0.29, 0.717) is 16.5 Å². The Hall–Kier alpha value is -4.00. The van der Waals surface area contributed by atoms with Gasteiger partial charge in [0, 0.05) is 18.1 Å². The third-order valence-electron chi connectivity index (χ3n) is 4.34. The third kappa shape index (κ3) is 6.49. The summed E-state index contributed by atoms with van der Waals surface area (Å²) in [5.74, 6) is -0.886. The Labute approximate surface area is 192 Å². The maximum absolute atomic E-state index is 12.1. The van der Waals surface area contributed by atoms with E-state index in [0.717, 1.165) is 5.56 Å². The topological polar surface area (TPSA) is 167 Å². The molecule has 0 aliphatic heterocycles. The van der Waals surface area contributed by atoms with Gasteiger partial charge < -0.3 is 30.0 Å².